The first-order chi connectivity index (χ1) is 20.0. The van der Waals surface area contributed by atoms with Gasteiger partial charge in [-0.2, -0.15) is 0 Å². The van der Waals surface area contributed by atoms with Gasteiger partial charge in [-0.25, -0.2) is 4.98 Å². The Hall–Kier alpha value is -3.24. The maximum atomic E-state index is 5.33. The van der Waals surface area contributed by atoms with Crippen LogP contribution >= 0.6 is 0 Å². The number of aryl methyl sites for hydroxylation is 1. The van der Waals surface area contributed by atoms with E-state index in [1.54, 1.807) is 0 Å². The van der Waals surface area contributed by atoms with Crippen molar-refractivity contribution < 1.29 is 25.8 Å². The number of nitrogens with zero attached hydrogens (tertiary/aromatic N) is 3. The minimum atomic E-state index is 0. The minimum Gasteiger partial charge on any atom is -0.684 e. The van der Waals surface area contributed by atoms with E-state index < -0.39 is 0 Å². The second-order valence-electron chi connectivity index (χ2n) is 11.9. The van der Waals surface area contributed by atoms with Crippen LogP contribution in [0.1, 0.15) is 80.5 Å². The van der Waals surface area contributed by atoms with Crippen LogP contribution in [-0.4, -0.2) is 11.5 Å². The van der Waals surface area contributed by atoms with Gasteiger partial charge in [0.2, 0.25) is 0 Å². The van der Waals surface area contributed by atoms with Crippen molar-refractivity contribution in [2.45, 2.75) is 64.7 Å². The van der Waals surface area contributed by atoms with E-state index in [1.807, 2.05) is 6.07 Å². The summed E-state index contributed by atoms with van der Waals surface area (Å²) < 4.78 is 0. The second-order valence-corrected chi connectivity index (χ2v) is 11.9. The third kappa shape index (κ3) is 7.34. The summed E-state index contributed by atoms with van der Waals surface area (Å²) in [4.78, 5) is 5.33. The zero-order chi connectivity index (χ0) is 28.3. The molecular formula is C40H45HfN3. The maximum Gasteiger partial charge on any atom is 4.00 e. The molecule has 0 saturated heterocycles. The predicted molar refractivity (Wildman–Crippen MR) is 187 cm³/mol. The fourth-order valence-corrected chi connectivity index (χ4v) is 6.28. The van der Waals surface area contributed by atoms with Gasteiger partial charge >= 0.3 is 25.8 Å². The number of hydrogen-bond acceptors (Lipinski definition) is 1. The largest absolute Gasteiger partial charge is 4.00 e. The zero-order valence-electron chi connectivity index (χ0n) is 27.1. The molecule has 5 aromatic rings. The monoisotopic (exact) mass is 747 g/mol. The van der Waals surface area contributed by atoms with Gasteiger partial charge in [-0.1, -0.05) is 130 Å². The molecule has 1 aliphatic carbocycles. The molecule has 1 heterocycles. The summed E-state index contributed by atoms with van der Waals surface area (Å²) in [6, 6.07) is 34.4. The van der Waals surface area contributed by atoms with E-state index in [1.165, 1.54) is 34.2 Å². The van der Waals surface area contributed by atoms with E-state index >= 15 is 0 Å². The summed E-state index contributed by atoms with van der Waals surface area (Å²) in [5.74, 6) is 1.17. The Labute approximate surface area is 284 Å². The second kappa shape index (κ2) is 15.7. The third-order valence-electron chi connectivity index (χ3n) is 8.40. The number of para-hydroxylation sites is 3. The normalized spacial score (nSPS) is 13.8. The molecule has 0 N–H and O–H groups in total. The van der Waals surface area contributed by atoms with Crippen molar-refractivity contribution >= 4 is 28.0 Å². The van der Waals surface area contributed by atoms with Crippen molar-refractivity contribution in [2.24, 2.45) is 0 Å². The fraction of sp³-hybridized carbons (Fsp3) is 0.275. The minimum absolute atomic E-state index is 0. The summed E-state index contributed by atoms with van der Waals surface area (Å²) in [5, 5.41) is 11.4. The van der Waals surface area contributed by atoms with E-state index in [0.29, 0.717) is 17.8 Å². The molecule has 1 unspecified atom stereocenters. The molecule has 0 radical (unpaired) electrons. The molecule has 0 saturated carbocycles. The van der Waals surface area contributed by atoms with E-state index in [4.69, 9.17) is 15.6 Å². The topological polar surface area (TPSA) is 41.1 Å². The first-order valence-electron chi connectivity index (χ1n) is 15.1. The summed E-state index contributed by atoms with van der Waals surface area (Å²) in [5.41, 5.74) is 11.7. The average molecular weight is 746 g/mol. The first kappa shape index (κ1) is 35.2. The van der Waals surface area contributed by atoms with Crippen LogP contribution in [0, 0.1) is 14.9 Å². The smallest absolute Gasteiger partial charge is 0.684 e. The van der Waals surface area contributed by atoms with Crippen LogP contribution in [0.15, 0.2) is 97.1 Å². The average Bonchev–Trinajstić information content (AvgIpc) is 3.00. The van der Waals surface area contributed by atoms with Crippen molar-refractivity contribution in [3.8, 4) is 11.3 Å². The van der Waals surface area contributed by atoms with Gasteiger partial charge < -0.3 is 25.5 Å². The van der Waals surface area contributed by atoms with Crippen molar-refractivity contribution in [3.05, 3.63) is 145 Å². The van der Waals surface area contributed by atoms with Crippen molar-refractivity contribution in [1.82, 2.24) is 4.98 Å². The molecule has 1 atom stereocenters. The fourth-order valence-electron chi connectivity index (χ4n) is 6.28. The van der Waals surface area contributed by atoms with Gasteiger partial charge in [0, 0.05) is 5.56 Å². The Morgan fingerprint density at radius 2 is 1.43 bits per heavy atom. The number of aromatic nitrogens is 1. The van der Waals surface area contributed by atoms with Gasteiger partial charge in [0.05, 0.1) is 11.2 Å². The van der Waals surface area contributed by atoms with Gasteiger partial charge in [-0.3, -0.25) is 0 Å². The molecule has 0 fully saturated rings. The Morgan fingerprint density at radius 1 is 0.750 bits per heavy atom. The van der Waals surface area contributed by atoms with E-state index in [-0.39, 0.29) is 40.7 Å². The van der Waals surface area contributed by atoms with Crippen LogP contribution in [0.4, 0.5) is 17.1 Å². The number of hydrogen-bond donors (Lipinski definition) is 0. The van der Waals surface area contributed by atoms with Gasteiger partial charge in [0.1, 0.15) is 0 Å². The molecule has 0 bridgehead atoms. The first-order valence-corrected chi connectivity index (χ1v) is 15.1. The summed E-state index contributed by atoms with van der Waals surface area (Å²) in [7, 11) is 0. The van der Waals surface area contributed by atoms with E-state index in [2.05, 4.69) is 119 Å². The number of benzene rings is 4. The molecule has 4 heteroatoms. The predicted octanol–water partition coefficient (Wildman–Crippen LogP) is 12.5. The molecule has 0 aliphatic heterocycles. The summed E-state index contributed by atoms with van der Waals surface area (Å²) in [6.45, 7) is 9.79. The van der Waals surface area contributed by atoms with E-state index in [9.17, 15) is 0 Å². The number of rotatable bonds is 8. The van der Waals surface area contributed by atoms with Gasteiger partial charge in [0.25, 0.3) is 0 Å². The van der Waals surface area contributed by atoms with Crippen LogP contribution in [0.25, 0.3) is 32.8 Å². The van der Waals surface area contributed by atoms with Crippen LogP contribution < -0.4 is 0 Å². The van der Waals surface area contributed by atoms with Gasteiger partial charge in [-0.15, -0.1) is 23.6 Å². The Morgan fingerprint density at radius 3 is 2.14 bits per heavy atom. The molecule has 44 heavy (non-hydrogen) atoms. The zero-order valence-corrected chi connectivity index (χ0v) is 30.7. The van der Waals surface area contributed by atoms with Crippen LogP contribution in [-0.2, 0) is 32.3 Å². The SMILES string of the molecule is CC(C)c1cccc(C(C)C)c1[N-]c1cccc2ccc(-c3cccc4c3C(C[N-]c3ccccc3)CCC4)nc12.[CH3-].[CH3-].[Hf+4]. The number of fused-ring (bicyclic) bond motifs is 2. The molecule has 1 aromatic heterocycles. The van der Waals surface area contributed by atoms with Crippen LogP contribution in [0.3, 0.4) is 0 Å². The van der Waals surface area contributed by atoms with Crippen LogP contribution in [0.2, 0.25) is 0 Å². The molecule has 4 aromatic carbocycles. The maximum absolute atomic E-state index is 5.33. The Kier molecular flexibility index (Phi) is 12.5. The molecule has 0 amide bonds. The van der Waals surface area contributed by atoms with Crippen LogP contribution in [0.5, 0.6) is 0 Å². The quantitative estimate of drug-likeness (QED) is 0.115. The standard InChI is InChI=1S/C38H39N3.2CH3.Hf/c1-25(2)31-18-11-19-32(26(3)4)38(31)41-35-21-10-14-28-22-23-34(40-37(28)35)33-20-9-13-27-12-8-15-29(36(27)33)24-39-30-16-6-5-7-17-30;;;/h5-7,9-11,13-14,16-23,25-26,29H,8,12,15,24H2,1-4H3;2*1H3;/q-2;2*-1;+4. The van der Waals surface area contributed by atoms with Crippen molar-refractivity contribution in [1.29, 1.82) is 0 Å². The Bertz CT molecular complexity index is 1630. The molecule has 6 rings (SSSR count). The Balaban J connectivity index is 0.00000176. The molecular weight excluding hydrogens is 701 g/mol. The van der Waals surface area contributed by atoms with E-state index in [0.717, 1.165) is 53.0 Å². The number of pyridine rings is 1. The van der Waals surface area contributed by atoms with Gasteiger partial charge in [-0.05, 0) is 59.6 Å². The molecule has 1 aliphatic rings. The summed E-state index contributed by atoms with van der Waals surface area (Å²) in [6.07, 6.45) is 3.47. The summed E-state index contributed by atoms with van der Waals surface area (Å²) >= 11 is 0. The third-order valence-corrected chi connectivity index (χ3v) is 8.40. The molecule has 3 nitrogen and oxygen atoms in total. The van der Waals surface area contributed by atoms with Crippen molar-refractivity contribution in [2.75, 3.05) is 6.54 Å². The molecule has 0 spiro atoms. The van der Waals surface area contributed by atoms with Crippen molar-refractivity contribution in [3.63, 3.8) is 0 Å². The van der Waals surface area contributed by atoms with Gasteiger partial charge in [0.15, 0.2) is 0 Å². The molecule has 224 valence electrons.